The summed E-state index contributed by atoms with van der Waals surface area (Å²) in [6.45, 7) is 5.85. The predicted molar refractivity (Wildman–Crippen MR) is 142 cm³/mol. The number of non-ortho nitro benzene ring substituents is 1. The number of carbonyl (C=O) groups is 2. The molecule has 2 fully saturated rings. The summed E-state index contributed by atoms with van der Waals surface area (Å²) in [5.74, 6) is -1.06. The maximum Gasteiger partial charge on any atom is 0.269 e. The summed E-state index contributed by atoms with van der Waals surface area (Å²) < 4.78 is 19.0. The number of nitro groups is 1. The van der Waals surface area contributed by atoms with E-state index in [1.807, 2.05) is 0 Å². The molecule has 4 rings (SSSR count). The monoisotopic (exact) mass is 542 g/mol. The van der Waals surface area contributed by atoms with Gasteiger partial charge in [-0.25, -0.2) is 4.39 Å². The van der Waals surface area contributed by atoms with E-state index in [1.165, 1.54) is 36.4 Å². The van der Waals surface area contributed by atoms with Crippen LogP contribution in [0.15, 0.2) is 48.5 Å². The molecule has 0 radical (unpaired) electrons. The van der Waals surface area contributed by atoms with Crippen LogP contribution in [0.5, 0.6) is 0 Å². The van der Waals surface area contributed by atoms with Gasteiger partial charge in [0.15, 0.2) is 0 Å². The van der Waals surface area contributed by atoms with Crippen molar-refractivity contribution in [2.24, 2.45) is 5.73 Å². The Morgan fingerprint density at radius 2 is 1.82 bits per heavy atom. The number of morpholine rings is 1. The predicted octanol–water partition coefficient (Wildman–Crippen LogP) is 1.23. The first-order valence-electron chi connectivity index (χ1n) is 13.2. The summed E-state index contributed by atoms with van der Waals surface area (Å²) in [5, 5.41) is 13.9. The second kappa shape index (κ2) is 13.6. The van der Waals surface area contributed by atoms with E-state index in [0.717, 1.165) is 25.2 Å². The SMILES string of the molecule is NCCNC(=O)C1CC(N(CCN2CCOCC2)Cc2ccc([N+](=O)[O-])cc2)CN1C(=O)c1ccc(F)cc1. The van der Waals surface area contributed by atoms with Crippen LogP contribution in [0.3, 0.4) is 0 Å². The van der Waals surface area contributed by atoms with Crippen LogP contribution in [-0.2, 0) is 16.1 Å². The van der Waals surface area contributed by atoms with Gasteiger partial charge in [-0.2, -0.15) is 0 Å². The number of likely N-dealkylation sites (tertiary alicyclic amines) is 1. The van der Waals surface area contributed by atoms with Crippen LogP contribution >= 0.6 is 0 Å². The Bertz CT molecular complexity index is 1130. The van der Waals surface area contributed by atoms with Crippen molar-refractivity contribution in [1.29, 1.82) is 0 Å². The van der Waals surface area contributed by atoms with Crippen LogP contribution in [-0.4, -0.2) is 103 Å². The van der Waals surface area contributed by atoms with Crippen LogP contribution < -0.4 is 11.1 Å². The van der Waals surface area contributed by atoms with Crippen LogP contribution in [0.25, 0.3) is 0 Å². The van der Waals surface area contributed by atoms with Crippen molar-refractivity contribution in [2.75, 3.05) is 59.0 Å². The van der Waals surface area contributed by atoms with Crippen LogP contribution in [0.4, 0.5) is 10.1 Å². The largest absolute Gasteiger partial charge is 0.379 e. The lowest BCUT2D eigenvalue weighted by Crippen LogP contribution is -2.47. The van der Waals surface area contributed by atoms with Gasteiger partial charge in [-0.05, 0) is 36.2 Å². The highest BCUT2D eigenvalue weighted by Crippen LogP contribution is 2.27. The minimum Gasteiger partial charge on any atom is -0.379 e. The number of hydrogen-bond donors (Lipinski definition) is 2. The lowest BCUT2D eigenvalue weighted by atomic mass is 10.1. The molecule has 39 heavy (non-hydrogen) atoms. The zero-order valence-electron chi connectivity index (χ0n) is 21.8. The summed E-state index contributed by atoms with van der Waals surface area (Å²) in [7, 11) is 0. The summed E-state index contributed by atoms with van der Waals surface area (Å²) in [4.78, 5) is 43.4. The molecule has 2 amide bonds. The molecule has 12 heteroatoms. The molecule has 2 heterocycles. The molecule has 0 aliphatic carbocycles. The summed E-state index contributed by atoms with van der Waals surface area (Å²) in [5.41, 5.74) is 6.81. The minimum atomic E-state index is -0.707. The third kappa shape index (κ3) is 7.57. The molecular weight excluding hydrogens is 507 g/mol. The molecule has 2 saturated heterocycles. The van der Waals surface area contributed by atoms with Gasteiger partial charge in [-0.15, -0.1) is 0 Å². The number of carbonyl (C=O) groups excluding carboxylic acids is 2. The Kier molecular flexibility index (Phi) is 9.93. The zero-order valence-corrected chi connectivity index (χ0v) is 21.8. The first-order chi connectivity index (χ1) is 18.9. The quantitative estimate of drug-likeness (QED) is 0.320. The standard InChI is InChI=1S/C27H35FN6O5/c28-22-5-3-21(4-6-22)27(36)33-19-24(17-25(33)26(35)30-10-9-29)32(12-11-31-13-15-39-16-14-31)18-20-1-7-23(8-2-20)34(37)38/h1-8,24-25H,9-19,29H2,(H,30,35). The Morgan fingerprint density at radius 1 is 1.13 bits per heavy atom. The topological polar surface area (TPSA) is 134 Å². The van der Waals surface area contributed by atoms with Crippen LogP contribution in [0.2, 0.25) is 0 Å². The van der Waals surface area contributed by atoms with Crippen molar-refractivity contribution in [3.63, 3.8) is 0 Å². The van der Waals surface area contributed by atoms with Crippen molar-refractivity contribution in [1.82, 2.24) is 20.0 Å². The van der Waals surface area contributed by atoms with E-state index in [-0.39, 0.29) is 30.1 Å². The summed E-state index contributed by atoms with van der Waals surface area (Å²) in [6, 6.07) is 10.9. The highest BCUT2D eigenvalue weighted by molar-refractivity contribution is 5.98. The molecule has 2 atom stereocenters. The molecule has 0 aromatic heterocycles. The number of nitrogens with two attached hydrogens (primary N) is 1. The number of nitro benzene ring substituents is 1. The van der Waals surface area contributed by atoms with Gasteiger partial charge in [0, 0.05) is 76.1 Å². The fourth-order valence-electron chi connectivity index (χ4n) is 5.07. The van der Waals surface area contributed by atoms with Crippen molar-refractivity contribution < 1.29 is 23.6 Å². The van der Waals surface area contributed by atoms with E-state index >= 15 is 0 Å². The third-order valence-corrected chi connectivity index (χ3v) is 7.23. The molecule has 2 aliphatic rings. The number of nitrogens with zero attached hydrogens (tertiary/aromatic N) is 4. The number of halogens is 1. The van der Waals surface area contributed by atoms with E-state index in [0.29, 0.717) is 51.4 Å². The fraction of sp³-hybridized carbons (Fsp3) is 0.481. The number of benzene rings is 2. The second-order valence-corrected chi connectivity index (χ2v) is 9.80. The molecule has 3 N–H and O–H groups in total. The average Bonchev–Trinajstić information content (AvgIpc) is 3.40. The Morgan fingerprint density at radius 3 is 2.46 bits per heavy atom. The average molecular weight is 543 g/mol. The van der Waals surface area contributed by atoms with Gasteiger partial charge >= 0.3 is 0 Å². The van der Waals surface area contributed by atoms with Gasteiger partial charge in [0.2, 0.25) is 5.91 Å². The number of rotatable bonds is 11. The molecule has 11 nitrogen and oxygen atoms in total. The van der Waals surface area contributed by atoms with E-state index < -0.39 is 16.8 Å². The van der Waals surface area contributed by atoms with Gasteiger partial charge in [0.25, 0.3) is 11.6 Å². The summed E-state index contributed by atoms with van der Waals surface area (Å²) >= 11 is 0. The lowest BCUT2D eigenvalue weighted by molar-refractivity contribution is -0.384. The maximum absolute atomic E-state index is 13.5. The first-order valence-corrected chi connectivity index (χ1v) is 13.2. The molecule has 0 spiro atoms. The van der Waals surface area contributed by atoms with Crippen molar-refractivity contribution in [3.05, 3.63) is 75.6 Å². The smallest absolute Gasteiger partial charge is 0.269 e. The molecular formula is C27H35FN6O5. The van der Waals surface area contributed by atoms with Gasteiger partial charge in [0.05, 0.1) is 18.1 Å². The lowest BCUT2D eigenvalue weighted by Gasteiger charge is -2.33. The second-order valence-electron chi connectivity index (χ2n) is 9.80. The molecule has 210 valence electrons. The van der Waals surface area contributed by atoms with E-state index in [4.69, 9.17) is 10.5 Å². The van der Waals surface area contributed by atoms with Crippen molar-refractivity contribution >= 4 is 17.5 Å². The highest BCUT2D eigenvalue weighted by Gasteiger charge is 2.42. The molecule has 0 bridgehead atoms. The molecule has 2 aliphatic heterocycles. The Hall–Kier alpha value is -3.45. The number of nitrogens with one attached hydrogen (secondary N) is 1. The normalized spacial score (nSPS) is 19.8. The fourth-order valence-corrected chi connectivity index (χ4v) is 5.07. The molecule has 2 aromatic carbocycles. The minimum absolute atomic E-state index is 0.0205. The maximum atomic E-state index is 13.5. The van der Waals surface area contributed by atoms with E-state index in [1.54, 1.807) is 17.0 Å². The molecule has 2 unspecified atom stereocenters. The molecule has 2 aromatic rings. The van der Waals surface area contributed by atoms with Crippen molar-refractivity contribution in [2.45, 2.75) is 25.0 Å². The number of hydrogen-bond acceptors (Lipinski definition) is 8. The van der Waals surface area contributed by atoms with E-state index in [9.17, 15) is 24.1 Å². The van der Waals surface area contributed by atoms with Crippen LogP contribution in [0.1, 0.15) is 22.3 Å². The van der Waals surface area contributed by atoms with Crippen molar-refractivity contribution in [3.8, 4) is 0 Å². The van der Waals surface area contributed by atoms with E-state index in [2.05, 4.69) is 15.1 Å². The first kappa shape index (κ1) is 28.6. The van der Waals surface area contributed by atoms with Gasteiger partial charge in [0.1, 0.15) is 11.9 Å². The summed E-state index contributed by atoms with van der Waals surface area (Å²) in [6.07, 6.45) is 0.416. The van der Waals surface area contributed by atoms with Gasteiger partial charge < -0.3 is 20.7 Å². The molecule has 0 saturated carbocycles. The third-order valence-electron chi connectivity index (χ3n) is 7.23. The zero-order chi connectivity index (χ0) is 27.8. The van der Waals surface area contributed by atoms with Gasteiger partial charge in [-0.3, -0.25) is 29.5 Å². The number of ether oxygens (including phenoxy) is 1. The Labute approximate surface area is 226 Å². The van der Waals surface area contributed by atoms with Crippen LogP contribution in [0, 0.1) is 15.9 Å². The van der Waals surface area contributed by atoms with Gasteiger partial charge in [-0.1, -0.05) is 12.1 Å². The number of amides is 2. The Balaban J connectivity index is 1.56. The highest BCUT2D eigenvalue weighted by atomic mass is 19.1.